The zero-order chi connectivity index (χ0) is 15.5. The van der Waals surface area contributed by atoms with E-state index in [1.807, 2.05) is 0 Å². The Balaban J connectivity index is 1.48. The lowest BCUT2D eigenvalue weighted by molar-refractivity contribution is 0.189. The van der Waals surface area contributed by atoms with Gasteiger partial charge in [0.2, 0.25) is 0 Å². The molecule has 1 aromatic carbocycles. The number of piperidine rings is 1. The zero-order valence-electron chi connectivity index (χ0n) is 12.8. The Labute approximate surface area is 136 Å². The maximum atomic E-state index is 12.1. The van der Waals surface area contributed by atoms with Gasteiger partial charge in [0.25, 0.3) is 0 Å². The van der Waals surface area contributed by atoms with Crippen LogP contribution in [0.15, 0.2) is 18.2 Å². The Bertz CT molecular complexity index is 540. The Morgan fingerprint density at radius 2 is 2.00 bits per heavy atom. The highest BCUT2D eigenvalue weighted by molar-refractivity contribution is 6.33. The van der Waals surface area contributed by atoms with Crippen molar-refractivity contribution in [1.29, 1.82) is 0 Å². The van der Waals surface area contributed by atoms with Crippen molar-refractivity contribution in [2.45, 2.75) is 37.8 Å². The van der Waals surface area contributed by atoms with Gasteiger partial charge in [-0.15, -0.1) is 0 Å². The molecule has 1 aliphatic carbocycles. The van der Waals surface area contributed by atoms with Crippen LogP contribution in [0.2, 0.25) is 5.02 Å². The molecule has 1 aliphatic heterocycles. The molecule has 0 spiro atoms. The topological polar surface area (TPSA) is 53.6 Å². The first-order valence-electron chi connectivity index (χ1n) is 7.81. The third-order valence-corrected chi connectivity index (χ3v) is 4.67. The van der Waals surface area contributed by atoms with Crippen LogP contribution in [-0.4, -0.2) is 43.2 Å². The van der Waals surface area contributed by atoms with Crippen LogP contribution < -0.4 is 15.4 Å². The number of halogens is 1. The van der Waals surface area contributed by atoms with Gasteiger partial charge < -0.3 is 20.3 Å². The quantitative estimate of drug-likeness (QED) is 0.895. The van der Waals surface area contributed by atoms with Gasteiger partial charge in [-0.25, -0.2) is 4.79 Å². The lowest BCUT2D eigenvalue weighted by atomic mass is 10.1. The van der Waals surface area contributed by atoms with Crippen molar-refractivity contribution in [3.63, 3.8) is 0 Å². The van der Waals surface area contributed by atoms with Crippen molar-refractivity contribution in [2.24, 2.45) is 0 Å². The summed E-state index contributed by atoms with van der Waals surface area (Å²) in [5, 5.41) is 6.31. The molecule has 0 radical (unpaired) electrons. The van der Waals surface area contributed by atoms with Crippen LogP contribution in [0, 0.1) is 0 Å². The summed E-state index contributed by atoms with van der Waals surface area (Å²) < 4.78 is 5.09. The summed E-state index contributed by atoms with van der Waals surface area (Å²) in [7, 11) is 1.58. The second-order valence-electron chi connectivity index (χ2n) is 5.99. The van der Waals surface area contributed by atoms with Gasteiger partial charge in [-0.3, -0.25) is 0 Å². The van der Waals surface area contributed by atoms with Crippen molar-refractivity contribution in [3.05, 3.63) is 23.2 Å². The summed E-state index contributed by atoms with van der Waals surface area (Å²) >= 11 is 6.13. The molecule has 5 nitrogen and oxygen atoms in total. The van der Waals surface area contributed by atoms with E-state index in [0.717, 1.165) is 32.0 Å². The van der Waals surface area contributed by atoms with Crippen molar-refractivity contribution in [3.8, 4) is 5.75 Å². The van der Waals surface area contributed by atoms with Crippen molar-refractivity contribution in [2.75, 3.05) is 25.5 Å². The highest BCUT2D eigenvalue weighted by Crippen LogP contribution is 2.29. The standard InChI is InChI=1S/C16H22ClN3O2/c1-22-13-4-5-15(14(17)10-13)19-16(21)18-11-6-8-20(9-7-11)12-2-3-12/h4-5,10-12H,2-3,6-9H2,1H3,(H2,18,19,21). The summed E-state index contributed by atoms with van der Waals surface area (Å²) in [4.78, 5) is 14.6. The third-order valence-electron chi connectivity index (χ3n) is 4.35. The van der Waals surface area contributed by atoms with Crippen LogP contribution in [0.3, 0.4) is 0 Å². The predicted molar refractivity (Wildman–Crippen MR) is 87.8 cm³/mol. The molecule has 0 unspecified atom stereocenters. The van der Waals surface area contributed by atoms with Crippen LogP contribution in [0.1, 0.15) is 25.7 Å². The van der Waals surface area contributed by atoms with Crippen molar-refractivity contribution < 1.29 is 9.53 Å². The van der Waals surface area contributed by atoms with E-state index in [-0.39, 0.29) is 12.1 Å². The number of hydrogen-bond acceptors (Lipinski definition) is 3. The number of rotatable bonds is 4. The first-order valence-corrected chi connectivity index (χ1v) is 8.18. The SMILES string of the molecule is COc1ccc(NC(=O)NC2CCN(C3CC3)CC2)c(Cl)c1. The van der Waals surface area contributed by atoms with Gasteiger partial charge >= 0.3 is 6.03 Å². The van der Waals surface area contributed by atoms with E-state index in [1.165, 1.54) is 12.8 Å². The summed E-state index contributed by atoms with van der Waals surface area (Å²) in [6.07, 6.45) is 4.71. The number of carbonyl (C=O) groups excluding carboxylic acids is 1. The van der Waals surface area contributed by atoms with Crippen molar-refractivity contribution in [1.82, 2.24) is 10.2 Å². The number of anilines is 1. The second kappa shape index (κ2) is 6.75. The number of nitrogens with zero attached hydrogens (tertiary/aromatic N) is 1. The minimum atomic E-state index is -0.197. The largest absolute Gasteiger partial charge is 0.497 e. The highest BCUT2D eigenvalue weighted by Gasteiger charge is 2.32. The number of hydrogen-bond donors (Lipinski definition) is 2. The normalized spacial score (nSPS) is 19.7. The van der Waals surface area contributed by atoms with Gasteiger partial charge in [-0.05, 0) is 37.8 Å². The number of benzene rings is 1. The molecule has 2 fully saturated rings. The molecular formula is C16H22ClN3O2. The van der Waals surface area contributed by atoms with Gasteiger partial charge in [-0.2, -0.15) is 0 Å². The number of carbonyl (C=O) groups is 1. The fraction of sp³-hybridized carbons (Fsp3) is 0.562. The molecule has 1 heterocycles. The van der Waals surface area contributed by atoms with E-state index in [9.17, 15) is 4.79 Å². The highest BCUT2D eigenvalue weighted by atomic mass is 35.5. The second-order valence-corrected chi connectivity index (χ2v) is 6.39. The van der Waals surface area contributed by atoms with E-state index >= 15 is 0 Å². The smallest absolute Gasteiger partial charge is 0.319 e. The van der Waals surface area contributed by atoms with Crippen LogP contribution in [-0.2, 0) is 0 Å². The Morgan fingerprint density at radius 1 is 1.27 bits per heavy atom. The molecule has 1 aromatic rings. The number of likely N-dealkylation sites (tertiary alicyclic amines) is 1. The predicted octanol–water partition coefficient (Wildman–Crippen LogP) is 3.10. The van der Waals surface area contributed by atoms with E-state index in [4.69, 9.17) is 16.3 Å². The maximum absolute atomic E-state index is 12.1. The maximum Gasteiger partial charge on any atom is 0.319 e. The fourth-order valence-corrected chi connectivity index (χ4v) is 3.13. The van der Waals surface area contributed by atoms with Gasteiger partial charge in [0.15, 0.2) is 0 Å². The van der Waals surface area contributed by atoms with Crippen LogP contribution in [0.25, 0.3) is 0 Å². The lowest BCUT2D eigenvalue weighted by Gasteiger charge is -2.32. The number of urea groups is 1. The Morgan fingerprint density at radius 3 is 2.59 bits per heavy atom. The van der Waals surface area contributed by atoms with Crippen LogP contribution >= 0.6 is 11.6 Å². The average Bonchev–Trinajstić information content (AvgIpc) is 3.35. The van der Waals surface area contributed by atoms with Crippen molar-refractivity contribution >= 4 is 23.3 Å². The molecule has 22 heavy (non-hydrogen) atoms. The molecule has 2 amide bonds. The van der Waals surface area contributed by atoms with E-state index < -0.39 is 0 Å². The first-order chi connectivity index (χ1) is 10.7. The summed E-state index contributed by atoms with van der Waals surface area (Å²) in [5.74, 6) is 0.670. The molecule has 0 bridgehead atoms. The lowest BCUT2D eigenvalue weighted by Crippen LogP contribution is -2.46. The van der Waals surface area contributed by atoms with Gasteiger partial charge in [-0.1, -0.05) is 11.6 Å². The molecule has 2 N–H and O–H groups in total. The third kappa shape index (κ3) is 3.84. The van der Waals surface area contributed by atoms with Gasteiger partial charge in [0, 0.05) is 31.2 Å². The molecule has 0 atom stereocenters. The summed E-state index contributed by atoms with van der Waals surface area (Å²) in [6.45, 7) is 2.16. The van der Waals surface area contributed by atoms with Gasteiger partial charge in [0.1, 0.15) is 5.75 Å². The molecular weight excluding hydrogens is 302 g/mol. The zero-order valence-corrected chi connectivity index (χ0v) is 13.5. The summed E-state index contributed by atoms with van der Waals surface area (Å²) in [6, 6.07) is 6.06. The number of ether oxygens (including phenoxy) is 1. The summed E-state index contributed by atoms with van der Waals surface area (Å²) in [5.41, 5.74) is 0.593. The van der Waals surface area contributed by atoms with E-state index in [2.05, 4.69) is 15.5 Å². The van der Waals surface area contributed by atoms with Crippen LogP contribution in [0.4, 0.5) is 10.5 Å². The molecule has 6 heteroatoms. The molecule has 120 valence electrons. The molecule has 2 aliphatic rings. The fourth-order valence-electron chi connectivity index (χ4n) is 2.92. The average molecular weight is 324 g/mol. The Hall–Kier alpha value is -1.46. The first kappa shape index (κ1) is 15.4. The molecule has 1 saturated heterocycles. The molecule has 3 rings (SSSR count). The minimum absolute atomic E-state index is 0.197. The monoisotopic (exact) mass is 323 g/mol. The molecule has 0 aromatic heterocycles. The Kier molecular flexibility index (Phi) is 4.74. The van der Waals surface area contributed by atoms with Gasteiger partial charge in [0.05, 0.1) is 17.8 Å². The number of nitrogens with one attached hydrogen (secondary N) is 2. The minimum Gasteiger partial charge on any atom is -0.497 e. The molecule has 1 saturated carbocycles. The van der Waals surface area contributed by atoms with E-state index in [1.54, 1.807) is 25.3 Å². The van der Waals surface area contributed by atoms with Crippen LogP contribution in [0.5, 0.6) is 5.75 Å². The van der Waals surface area contributed by atoms with E-state index in [0.29, 0.717) is 16.5 Å². The number of methoxy groups -OCH3 is 1. The number of amides is 2.